The number of non-ortho nitro benzene ring substituents is 1. The van der Waals surface area contributed by atoms with E-state index in [1.807, 2.05) is 0 Å². The molecule has 20 heavy (non-hydrogen) atoms. The van der Waals surface area contributed by atoms with Gasteiger partial charge in [0, 0.05) is 18.7 Å². The first-order valence-electron chi connectivity index (χ1n) is 5.34. The van der Waals surface area contributed by atoms with Crippen molar-refractivity contribution in [1.29, 1.82) is 0 Å². The molecule has 2 atom stereocenters. The van der Waals surface area contributed by atoms with E-state index in [0.29, 0.717) is 4.31 Å². The summed E-state index contributed by atoms with van der Waals surface area (Å²) in [5.74, 6) is 0. The first-order valence-corrected chi connectivity index (χ1v) is 6.78. The third-order valence-corrected chi connectivity index (χ3v) is 5.12. The summed E-state index contributed by atoms with van der Waals surface area (Å²) in [6.45, 7) is 0.131. The van der Waals surface area contributed by atoms with Crippen molar-refractivity contribution in [3.8, 4) is 0 Å². The van der Waals surface area contributed by atoms with Gasteiger partial charge in [0.2, 0.25) is 10.0 Å². The molecule has 110 valence electrons. The van der Waals surface area contributed by atoms with Crippen LogP contribution in [-0.4, -0.2) is 35.9 Å². The number of nitro groups is 1. The highest BCUT2D eigenvalue weighted by molar-refractivity contribution is 7.89. The number of alkyl halides is 3. The zero-order valence-electron chi connectivity index (χ0n) is 10.1. The van der Waals surface area contributed by atoms with Gasteiger partial charge in [-0.1, -0.05) is 0 Å². The second kappa shape index (κ2) is 4.16. The highest BCUT2D eigenvalue weighted by atomic mass is 32.2. The minimum atomic E-state index is -4.67. The minimum absolute atomic E-state index is 0.321. The molecule has 0 bridgehead atoms. The van der Waals surface area contributed by atoms with Gasteiger partial charge in [-0.05, 0) is 19.1 Å². The Morgan fingerprint density at radius 1 is 1.30 bits per heavy atom. The molecule has 1 aromatic carbocycles. The number of sulfonamides is 1. The van der Waals surface area contributed by atoms with Crippen molar-refractivity contribution in [1.82, 2.24) is 4.31 Å². The molecule has 1 fully saturated rings. The predicted molar refractivity (Wildman–Crippen MR) is 61.4 cm³/mol. The van der Waals surface area contributed by atoms with Gasteiger partial charge in [-0.2, -0.15) is 17.5 Å². The SMILES string of the molecule is C[C@@]1(C(F)(F)F)CN1S(=O)(=O)c1ccc([N+](=O)[O-])cc1. The molecular formula is C10H9F3N2O4S. The van der Waals surface area contributed by atoms with Crippen LogP contribution < -0.4 is 0 Å². The zero-order chi connectivity index (χ0) is 15.3. The molecule has 1 aromatic rings. The van der Waals surface area contributed by atoms with E-state index >= 15 is 0 Å². The quantitative estimate of drug-likeness (QED) is 0.485. The van der Waals surface area contributed by atoms with E-state index in [4.69, 9.17) is 0 Å². The van der Waals surface area contributed by atoms with E-state index in [0.717, 1.165) is 31.2 Å². The summed E-state index contributed by atoms with van der Waals surface area (Å²) in [6, 6.07) is 3.70. The average molecular weight is 310 g/mol. The lowest BCUT2D eigenvalue weighted by atomic mass is 10.2. The third-order valence-electron chi connectivity index (χ3n) is 3.14. The second-order valence-electron chi connectivity index (χ2n) is 4.53. The second-order valence-corrected chi connectivity index (χ2v) is 6.40. The van der Waals surface area contributed by atoms with Crippen LogP contribution in [0.1, 0.15) is 6.92 Å². The number of benzene rings is 1. The lowest BCUT2D eigenvalue weighted by molar-refractivity contribution is -0.384. The minimum Gasteiger partial charge on any atom is -0.258 e. The predicted octanol–water partition coefficient (Wildman–Crippen LogP) is 1.92. The van der Waals surface area contributed by atoms with E-state index in [1.54, 1.807) is 0 Å². The maximum Gasteiger partial charge on any atom is 0.408 e. The van der Waals surface area contributed by atoms with Crippen molar-refractivity contribution in [2.24, 2.45) is 0 Å². The molecule has 0 saturated carbocycles. The standard InChI is InChI=1S/C10H9F3N2O4S/c1-9(10(11,12)13)6-14(9)20(18,19)8-4-2-7(3-5-8)15(16)17/h2-5H,6H2,1H3/t9-,14?/m0/s1. The van der Waals surface area contributed by atoms with Gasteiger partial charge in [-0.25, -0.2) is 8.42 Å². The summed E-state index contributed by atoms with van der Waals surface area (Å²) in [4.78, 5) is 9.30. The molecular weight excluding hydrogens is 301 g/mol. The third kappa shape index (κ3) is 2.14. The summed E-state index contributed by atoms with van der Waals surface area (Å²) in [6.07, 6.45) is -4.67. The largest absolute Gasteiger partial charge is 0.408 e. The Labute approximate surface area is 112 Å². The van der Waals surface area contributed by atoms with Gasteiger partial charge < -0.3 is 0 Å². The number of rotatable bonds is 3. The maximum absolute atomic E-state index is 12.7. The van der Waals surface area contributed by atoms with Crippen LogP contribution in [0.3, 0.4) is 0 Å². The Kier molecular flexibility index (Phi) is 3.06. The molecule has 0 spiro atoms. The summed E-state index contributed by atoms with van der Waals surface area (Å²) < 4.78 is 62.4. The maximum atomic E-state index is 12.7. The summed E-state index contributed by atoms with van der Waals surface area (Å²) >= 11 is 0. The van der Waals surface area contributed by atoms with Crippen molar-refractivity contribution in [3.63, 3.8) is 0 Å². The van der Waals surface area contributed by atoms with Gasteiger partial charge in [0.25, 0.3) is 5.69 Å². The molecule has 2 rings (SSSR count). The van der Waals surface area contributed by atoms with Crippen molar-refractivity contribution in [2.75, 3.05) is 6.54 Å². The van der Waals surface area contributed by atoms with Crippen LogP contribution in [0, 0.1) is 10.1 Å². The van der Waals surface area contributed by atoms with Gasteiger partial charge in [0.15, 0.2) is 0 Å². The van der Waals surface area contributed by atoms with Crippen LogP contribution in [0.25, 0.3) is 0 Å². The fourth-order valence-corrected chi connectivity index (χ4v) is 3.48. The van der Waals surface area contributed by atoms with E-state index in [9.17, 15) is 31.7 Å². The fourth-order valence-electron chi connectivity index (χ4n) is 1.69. The van der Waals surface area contributed by atoms with E-state index in [1.165, 1.54) is 0 Å². The van der Waals surface area contributed by atoms with E-state index in [-0.39, 0.29) is 5.69 Å². The molecule has 0 amide bonds. The molecule has 1 heterocycles. The van der Waals surface area contributed by atoms with Gasteiger partial charge in [-0.15, -0.1) is 0 Å². The molecule has 1 saturated heterocycles. The average Bonchev–Trinajstić information content (AvgIpc) is 3.04. The van der Waals surface area contributed by atoms with Crippen LogP contribution >= 0.6 is 0 Å². The monoisotopic (exact) mass is 310 g/mol. The number of hydrogen-bond acceptors (Lipinski definition) is 4. The smallest absolute Gasteiger partial charge is 0.258 e. The Bertz CT molecular complexity index is 656. The molecule has 1 unspecified atom stereocenters. The summed E-state index contributed by atoms with van der Waals surface area (Å²) in [7, 11) is -4.31. The topological polar surface area (TPSA) is 80.3 Å². The van der Waals surface area contributed by atoms with Crippen molar-refractivity contribution in [2.45, 2.75) is 23.5 Å². The number of hydrogen-bond donors (Lipinski definition) is 0. The fraction of sp³-hybridized carbons (Fsp3) is 0.400. The van der Waals surface area contributed by atoms with E-state index < -0.39 is 38.1 Å². The van der Waals surface area contributed by atoms with Crippen LogP contribution in [0.15, 0.2) is 29.2 Å². The lowest BCUT2D eigenvalue weighted by Crippen LogP contribution is -2.35. The first kappa shape index (κ1) is 14.7. The lowest BCUT2D eigenvalue weighted by Gasteiger charge is -2.16. The van der Waals surface area contributed by atoms with Crippen molar-refractivity contribution < 1.29 is 26.5 Å². The van der Waals surface area contributed by atoms with Gasteiger partial charge in [-0.3, -0.25) is 10.1 Å². The Morgan fingerprint density at radius 3 is 2.15 bits per heavy atom. The molecule has 0 aromatic heterocycles. The summed E-state index contributed by atoms with van der Waals surface area (Å²) in [5.41, 5.74) is -2.75. The molecule has 1 aliphatic rings. The van der Waals surface area contributed by atoms with Crippen LogP contribution in [0.5, 0.6) is 0 Å². The van der Waals surface area contributed by atoms with Gasteiger partial charge >= 0.3 is 6.18 Å². The Hall–Kier alpha value is -1.68. The zero-order valence-corrected chi connectivity index (χ0v) is 10.9. The molecule has 0 N–H and O–H groups in total. The molecule has 6 nitrogen and oxygen atoms in total. The molecule has 10 heteroatoms. The molecule has 1 aliphatic heterocycles. The summed E-state index contributed by atoms with van der Waals surface area (Å²) in [5, 5.41) is 10.4. The normalized spacial score (nSPS) is 26.3. The van der Waals surface area contributed by atoms with Crippen LogP contribution in [-0.2, 0) is 10.0 Å². The number of nitro benzene ring substituents is 1. The van der Waals surface area contributed by atoms with Crippen LogP contribution in [0.2, 0.25) is 0 Å². The molecule has 0 aliphatic carbocycles. The number of halogens is 3. The van der Waals surface area contributed by atoms with Crippen molar-refractivity contribution in [3.05, 3.63) is 34.4 Å². The van der Waals surface area contributed by atoms with Gasteiger partial charge in [0.05, 0.1) is 9.82 Å². The Balaban J connectivity index is 2.32. The molecule has 0 radical (unpaired) electrons. The van der Waals surface area contributed by atoms with Crippen molar-refractivity contribution >= 4 is 15.7 Å². The van der Waals surface area contributed by atoms with E-state index in [2.05, 4.69) is 0 Å². The first-order chi connectivity index (χ1) is 9.00. The highest BCUT2D eigenvalue weighted by Crippen LogP contribution is 2.49. The van der Waals surface area contributed by atoms with Gasteiger partial charge in [0.1, 0.15) is 5.54 Å². The van der Waals surface area contributed by atoms with Crippen LogP contribution in [0.4, 0.5) is 18.9 Å². The highest BCUT2D eigenvalue weighted by Gasteiger charge is 2.70. The Morgan fingerprint density at radius 2 is 1.80 bits per heavy atom. The number of nitrogens with zero attached hydrogens (tertiary/aromatic N) is 2.